The largest absolute Gasteiger partial charge is 0.493 e. The highest BCUT2D eigenvalue weighted by atomic mass is 35.5. The molecule has 7 nitrogen and oxygen atoms in total. The molecule has 1 heterocycles. The average Bonchev–Trinajstić information content (AvgIpc) is 3.17. The van der Waals surface area contributed by atoms with Gasteiger partial charge in [0.05, 0.1) is 28.3 Å². The maximum Gasteiger partial charge on any atom is 0.335 e. The van der Waals surface area contributed by atoms with Crippen molar-refractivity contribution in [2.24, 2.45) is 4.99 Å². The average molecular weight is 541 g/mol. The summed E-state index contributed by atoms with van der Waals surface area (Å²) in [5, 5.41) is 9.82. The second-order valence-corrected chi connectivity index (χ2v) is 9.27. The Morgan fingerprint density at radius 3 is 2.49 bits per heavy atom. The summed E-state index contributed by atoms with van der Waals surface area (Å²) in [6.07, 6.45) is 1.70. The number of methoxy groups -OCH3 is 1. The number of aliphatic imine (C=N–C) groups is 1. The van der Waals surface area contributed by atoms with E-state index in [4.69, 9.17) is 26.2 Å². The molecule has 4 rings (SSSR count). The van der Waals surface area contributed by atoms with Crippen LogP contribution in [0.5, 0.6) is 11.5 Å². The van der Waals surface area contributed by atoms with Crippen molar-refractivity contribution < 1.29 is 28.6 Å². The summed E-state index contributed by atoms with van der Waals surface area (Å²) >= 11 is 7.72. The number of amides is 1. The van der Waals surface area contributed by atoms with Crippen LogP contribution in [0.15, 0.2) is 70.6 Å². The molecule has 0 unspecified atom stereocenters. The molecular weight excluding hydrogens is 519 g/mol. The summed E-state index contributed by atoms with van der Waals surface area (Å²) in [6.45, 7) is 2.43. The van der Waals surface area contributed by atoms with Crippen molar-refractivity contribution in [3.8, 4) is 11.5 Å². The van der Waals surface area contributed by atoms with Crippen LogP contribution in [0.1, 0.15) is 28.4 Å². The van der Waals surface area contributed by atoms with E-state index in [1.54, 1.807) is 47.4 Å². The van der Waals surface area contributed by atoms with Crippen LogP contribution in [0.4, 0.5) is 10.1 Å². The first-order valence-electron chi connectivity index (χ1n) is 11.2. The number of likely N-dealkylation sites (N-methyl/N-ethyl adjacent to an activating group) is 1. The molecular formula is C27H22ClFN2O5S. The smallest absolute Gasteiger partial charge is 0.335 e. The summed E-state index contributed by atoms with van der Waals surface area (Å²) in [5.41, 5.74) is 2.12. The van der Waals surface area contributed by atoms with E-state index >= 15 is 0 Å². The first kappa shape index (κ1) is 26.2. The molecule has 3 aromatic carbocycles. The zero-order valence-corrected chi connectivity index (χ0v) is 21.5. The number of benzene rings is 3. The SMILES string of the molecule is CCN1C(=O)/C(=C\c2cc(Cl)c(OCc3ccc(C(=O)O)cc3)c(OC)c2)SC1=Nc1ccc(F)cc1. The maximum atomic E-state index is 13.2. The first-order valence-corrected chi connectivity index (χ1v) is 12.4. The molecule has 0 aromatic heterocycles. The Kier molecular flexibility index (Phi) is 8.15. The summed E-state index contributed by atoms with van der Waals surface area (Å²) in [6, 6.07) is 15.4. The van der Waals surface area contributed by atoms with Gasteiger partial charge in [-0.05, 0) is 84.4 Å². The molecule has 0 atom stereocenters. The molecule has 1 aliphatic heterocycles. The molecule has 0 radical (unpaired) electrons. The Bertz CT molecular complexity index is 1390. The molecule has 3 aromatic rings. The molecule has 1 N–H and O–H groups in total. The highest BCUT2D eigenvalue weighted by Crippen LogP contribution is 2.39. The third kappa shape index (κ3) is 6.12. The van der Waals surface area contributed by atoms with Crippen molar-refractivity contribution in [2.45, 2.75) is 13.5 Å². The molecule has 10 heteroatoms. The fraction of sp³-hybridized carbons (Fsp3) is 0.148. The molecule has 1 aliphatic rings. The molecule has 1 saturated heterocycles. The Morgan fingerprint density at radius 1 is 1.16 bits per heavy atom. The Hall–Kier alpha value is -3.82. The van der Waals surface area contributed by atoms with E-state index < -0.39 is 5.97 Å². The lowest BCUT2D eigenvalue weighted by Gasteiger charge is -2.14. The highest BCUT2D eigenvalue weighted by molar-refractivity contribution is 8.18. The Labute approximate surface area is 222 Å². The van der Waals surface area contributed by atoms with Gasteiger partial charge in [0.2, 0.25) is 0 Å². The molecule has 1 amide bonds. The van der Waals surface area contributed by atoms with Crippen LogP contribution < -0.4 is 9.47 Å². The molecule has 0 aliphatic carbocycles. The van der Waals surface area contributed by atoms with Gasteiger partial charge >= 0.3 is 5.97 Å². The minimum atomic E-state index is -1.00. The van der Waals surface area contributed by atoms with Gasteiger partial charge < -0.3 is 14.6 Å². The van der Waals surface area contributed by atoms with Gasteiger partial charge in [0.15, 0.2) is 16.7 Å². The molecule has 0 saturated carbocycles. The third-order valence-corrected chi connectivity index (χ3v) is 6.68. The number of carbonyl (C=O) groups is 2. The van der Waals surface area contributed by atoms with Crippen LogP contribution in [0, 0.1) is 5.82 Å². The number of amidine groups is 1. The number of hydrogen-bond donors (Lipinski definition) is 1. The number of nitrogens with zero attached hydrogens (tertiary/aromatic N) is 2. The van der Waals surface area contributed by atoms with Crippen LogP contribution in [-0.2, 0) is 11.4 Å². The molecule has 0 bridgehead atoms. The second-order valence-electron chi connectivity index (χ2n) is 7.86. The van der Waals surface area contributed by atoms with Gasteiger partial charge in [-0.2, -0.15) is 0 Å². The molecule has 37 heavy (non-hydrogen) atoms. The Morgan fingerprint density at radius 2 is 1.86 bits per heavy atom. The van der Waals surface area contributed by atoms with Gasteiger partial charge in [-0.3, -0.25) is 9.69 Å². The predicted octanol–water partition coefficient (Wildman–Crippen LogP) is 6.39. The molecule has 0 spiro atoms. The maximum absolute atomic E-state index is 13.2. The van der Waals surface area contributed by atoms with Crippen molar-refractivity contribution in [1.82, 2.24) is 4.90 Å². The number of halogens is 2. The van der Waals surface area contributed by atoms with Gasteiger partial charge in [0.25, 0.3) is 5.91 Å². The quantitative estimate of drug-likeness (QED) is 0.333. The van der Waals surface area contributed by atoms with Crippen molar-refractivity contribution in [3.05, 3.63) is 93.1 Å². The first-order chi connectivity index (χ1) is 17.8. The van der Waals surface area contributed by atoms with E-state index in [0.29, 0.717) is 39.4 Å². The lowest BCUT2D eigenvalue weighted by molar-refractivity contribution is -0.122. The third-order valence-electron chi connectivity index (χ3n) is 5.39. The number of thioether (sulfide) groups is 1. The predicted molar refractivity (Wildman–Crippen MR) is 142 cm³/mol. The van der Waals surface area contributed by atoms with Crippen molar-refractivity contribution in [2.75, 3.05) is 13.7 Å². The van der Waals surface area contributed by atoms with E-state index in [0.717, 1.165) is 5.56 Å². The number of carboxylic acids is 1. The lowest BCUT2D eigenvalue weighted by atomic mass is 10.1. The van der Waals surface area contributed by atoms with E-state index in [2.05, 4.69) is 4.99 Å². The number of carbonyl (C=O) groups excluding carboxylic acids is 1. The van der Waals surface area contributed by atoms with Gasteiger partial charge in [-0.25, -0.2) is 14.2 Å². The zero-order valence-electron chi connectivity index (χ0n) is 19.9. The number of rotatable bonds is 8. The number of ether oxygens (including phenoxy) is 2. The van der Waals surface area contributed by atoms with Crippen molar-refractivity contribution in [1.29, 1.82) is 0 Å². The fourth-order valence-corrected chi connectivity index (χ4v) is 4.85. The van der Waals surface area contributed by atoms with E-state index in [9.17, 15) is 14.0 Å². The van der Waals surface area contributed by atoms with Crippen molar-refractivity contribution >= 4 is 52.2 Å². The topological polar surface area (TPSA) is 88.4 Å². The van der Waals surface area contributed by atoms with Crippen LogP contribution >= 0.6 is 23.4 Å². The fourth-order valence-electron chi connectivity index (χ4n) is 3.51. The minimum absolute atomic E-state index is 0.152. The summed E-state index contributed by atoms with van der Waals surface area (Å²) < 4.78 is 24.6. The standard InChI is InChI=1S/C27H22ClFN2O5S/c1-3-31-25(32)23(37-27(31)30-20-10-8-19(29)9-11-20)14-17-12-21(28)24(22(13-17)35-2)36-15-16-4-6-18(7-5-16)26(33)34/h4-14H,3,15H2,1-2H3,(H,33,34)/b23-14+,30-27?. The Balaban J connectivity index is 1.56. The monoisotopic (exact) mass is 540 g/mol. The van der Waals surface area contributed by atoms with Gasteiger partial charge in [-0.1, -0.05) is 23.7 Å². The lowest BCUT2D eigenvalue weighted by Crippen LogP contribution is -2.28. The second kappa shape index (κ2) is 11.5. The highest BCUT2D eigenvalue weighted by Gasteiger charge is 2.32. The van der Waals surface area contributed by atoms with E-state index in [-0.39, 0.29) is 28.9 Å². The van der Waals surface area contributed by atoms with Crippen LogP contribution in [0.3, 0.4) is 0 Å². The summed E-state index contributed by atoms with van der Waals surface area (Å²) in [4.78, 5) is 30.5. The number of carboxylic acid groups (broad SMARTS) is 1. The van der Waals surface area contributed by atoms with Gasteiger partial charge in [-0.15, -0.1) is 0 Å². The van der Waals surface area contributed by atoms with Crippen molar-refractivity contribution in [3.63, 3.8) is 0 Å². The zero-order chi connectivity index (χ0) is 26.5. The summed E-state index contributed by atoms with van der Waals surface area (Å²) in [7, 11) is 1.48. The van der Waals surface area contributed by atoms with E-state index in [1.807, 2.05) is 6.92 Å². The summed E-state index contributed by atoms with van der Waals surface area (Å²) in [5.74, 6) is -0.857. The van der Waals surface area contributed by atoms with E-state index in [1.165, 1.54) is 43.1 Å². The van der Waals surface area contributed by atoms with Gasteiger partial charge in [0.1, 0.15) is 12.4 Å². The number of aromatic carboxylic acids is 1. The van der Waals surface area contributed by atoms with Crippen LogP contribution in [0.25, 0.3) is 6.08 Å². The number of hydrogen-bond acceptors (Lipinski definition) is 6. The minimum Gasteiger partial charge on any atom is -0.493 e. The molecule has 190 valence electrons. The van der Waals surface area contributed by atoms with Gasteiger partial charge in [0, 0.05) is 6.54 Å². The normalized spacial score (nSPS) is 15.5. The van der Waals surface area contributed by atoms with Crippen LogP contribution in [0.2, 0.25) is 5.02 Å². The van der Waals surface area contributed by atoms with Crippen LogP contribution in [-0.4, -0.2) is 40.7 Å². The molecule has 1 fully saturated rings.